The van der Waals surface area contributed by atoms with Crippen LogP contribution in [-0.4, -0.2) is 9.97 Å². The van der Waals surface area contributed by atoms with Crippen LogP contribution in [0.2, 0.25) is 0 Å². The van der Waals surface area contributed by atoms with Gasteiger partial charge in [-0.25, -0.2) is 9.97 Å². The van der Waals surface area contributed by atoms with E-state index in [2.05, 4.69) is 206 Å². The number of benzene rings is 10. The summed E-state index contributed by atoms with van der Waals surface area (Å²) in [7, 11) is 0. The Balaban J connectivity index is 1.17. The molecule has 0 aliphatic carbocycles. The summed E-state index contributed by atoms with van der Waals surface area (Å²) in [5.74, 6) is 0.589. The van der Waals surface area contributed by atoms with Crippen molar-refractivity contribution in [2.45, 2.75) is 0 Å². The van der Waals surface area contributed by atoms with E-state index in [-0.39, 0.29) is 0 Å². The number of aromatic nitrogens is 2. The average molecular weight is 843 g/mol. The molecule has 0 aliphatic rings. The van der Waals surface area contributed by atoms with Gasteiger partial charge in [-0.2, -0.15) is 0 Å². The Morgan fingerprint density at radius 2 is 0.727 bits per heavy atom. The zero-order chi connectivity index (χ0) is 43.6. The lowest BCUT2D eigenvalue weighted by molar-refractivity contribution is 0.669. The van der Waals surface area contributed by atoms with Crippen molar-refractivity contribution >= 4 is 54.6 Å². The van der Waals surface area contributed by atoms with Crippen LogP contribution >= 0.6 is 0 Å². The smallest absolute Gasteiger partial charge is 0.161 e. The molecule has 0 saturated heterocycles. The van der Waals surface area contributed by atoms with E-state index in [1.54, 1.807) is 0 Å². The summed E-state index contributed by atoms with van der Waals surface area (Å²) >= 11 is 0. The van der Waals surface area contributed by atoms with Crippen molar-refractivity contribution in [3.8, 4) is 78.4 Å². The molecule has 4 heteroatoms. The van der Waals surface area contributed by atoms with Gasteiger partial charge in [-0.05, 0) is 104 Å². The van der Waals surface area contributed by atoms with E-state index in [9.17, 15) is 0 Å². The molecule has 4 nitrogen and oxygen atoms in total. The fraction of sp³-hybridized carbons (Fsp3) is 0. The van der Waals surface area contributed by atoms with Gasteiger partial charge < -0.3 is 8.83 Å². The standard InChI is InChI=1S/C62H38N2O2/c1-3-17-39(18-4-1)42-23-13-24-43(35-42)53-36-44(40-19-5-2-6-20-40)37-54(46-28-14-22-41-21-7-8-25-45(41)46)59(53)62-63-55(51-31-15-29-49-47-26-9-11-33-57(47)65-60(49)51)38-56(64-62)52-32-16-30-50-48-27-10-12-34-58(48)66-61(50)52/h1-38H. The maximum absolute atomic E-state index is 6.71. The number of fused-ring (bicyclic) bond motifs is 7. The Morgan fingerprint density at radius 3 is 1.38 bits per heavy atom. The summed E-state index contributed by atoms with van der Waals surface area (Å²) in [5, 5.41) is 6.49. The Morgan fingerprint density at radius 1 is 0.273 bits per heavy atom. The Bertz CT molecular complexity index is 3860. The minimum Gasteiger partial charge on any atom is -0.455 e. The number of rotatable bonds is 7. The van der Waals surface area contributed by atoms with Gasteiger partial charge in [0.25, 0.3) is 0 Å². The predicted octanol–water partition coefficient (Wildman–Crippen LogP) is 17.1. The van der Waals surface area contributed by atoms with Crippen LogP contribution in [0.15, 0.2) is 239 Å². The molecule has 0 saturated carbocycles. The lowest BCUT2D eigenvalue weighted by Crippen LogP contribution is -2.01. The van der Waals surface area contributed by atoms with Crippen molar-refractivity contribution in [3.63, 3.8) is 0 Å². The average Bonchev–Trinajstić information content (AvgIpc) is 3.97. The first kappa shape index (κ1) is 37.7. The quantitative estimate of drug-likeness (QED) is 0.160. The Labute approximate surface area is 380 Å². The highest BCUT2D eigenvalue weighted by atomic mass is 16.3. The van der Waals surface area contributed by atoms with Gasteiger partial charge in [-0.15, -0.1) is 0 Å². The van der Waals surface area contributed by atoms with Crippen molar-refractivity contribution in [1.29, 1.82) is 0 Å². The molecule has 308 valence electrons. The molecule has 0 fully saturated rings. The SMILES string of the molecule is c1ccc(-c2cccc(-c3cc(-c4ccccc4)cc(-c4cccc5ccccc45)c3-c3nc(-c4cccc5c4oc4ccccc45)cc(-c4cccc5c4oc4ccccc45)n3)c2)cc1. The highest BCUT2D eigenvalue weighted by Gasteiger charge is 2.25. The highest BCUT2D eigenvalue weighted by Crippen LogP contribution is 2.47. The third-order valence-electron chi connectivity index (χ3n) is 12.9. The molecule has 0 spiro atoms. The molecule has 10 aromatic carbocycles. The van der Waals surface area contributed by atoms with Gasteiger partial charge in [0.1, 0.15) is 22.3 Å². The van der Waals surface area contributed by atoms with Crippen molar-refractivity contribution in [3.05, 3.63) is 231 Å². The van der Waals surface area contributed by atoms with E-state index < -0.39 is 0 Å². The molecule has 3 heterocycles. The largest absolute Gasteiger partial charge is 0.455 e. The normalized spacial score (nSPS) is 11.6. The predicted molar refractivity (Wildman–Crippen MR) is 272 cm³/mol. The second-order valence-corrected chi connectivity index (χ2v) is 16.8. The van der Waals surface area contributed by atoms with Crippen LogP contribution in [0, 0.1) is 0 Å². The van der Waals surface area contributed by atoms with Gasteiger partial charge in [0.2, 0.25) is 0 Å². The second kappa shape index (κ2) is 15.4. The summed E-state index contributed by atoms with van der Waals surface area (Å²) in [6, 6.07) is 81.1. The Kier molecular flexibility index (Phi) is 8.81. The van der Waals surface area contributed by atoms with Crippen molar-refractivity contribution in [1.82, 2.24) is 9.97 Å². The van der Waals surface area contributed by atoms with E-state index >= 15 is 0 Å². The molecule has 0 N–H and O–H groups in total. The highest BCUT2D eigenvalue weighted by molar-refractivity contribution is 6.12. The number of nitrogens with zero attached hydrogens (tertiary/aromatic N) is 2. The molecule has 3 aromatic heterocycles. The summed E-state index contributed by atoms with van der Waals surface area (Å²) < 4.78 is 13.4. The lowest BCUT2D eigenvalue weighted by atomic mass is 9.85. The first-order valence-electron chi connectivity index (χ1n) is 22.3. The molecule has 0 atom stereocenters. The van der Waals surface area contributed by atoms with Gasteiger partial charge in [0.15, 0.2) is 5.82 Å². The van der Waals surface area contributed by atoms with E-state index in [0.29, 0.717) is 5.82 Å². The molecule has 13 rings (SSSR count). The summed E-state index contributed by atoms with van der Waals surface area (Å²) in [4.78, 5) is 11.4. The van der Waals surface area contributed by atoms with Crippen LogP contribution < -0.4 is 0 Å². The maximum atomic E-state index is 6.71. The van der Waals surface area contributed by atoms with Crippen LogP contribution in [0.5, 0.6) is 0 Å². The van der Waals surface area contributed by atoms with Crippen molar-refractivity contribution in [2.24, 2.45) is 0 Å². The fourth-order valence-electron chi connectivity index (χ4n) is 9.81. The number of hydrogen-bond donors (Lipinski definition) is 0. The van der Waals surface area contributed by atoms with E-state index in [4.69, 9.17) is 18.8 Å². The molecule has 0 unspecified atom stereocenters. The van der Waals surface area contributed by atoms with Crippen molar-refractivity contribution in [2.75, 3.05) is 0 Å². The molecular weight excluding hydrogens is 805 g/mol. The van der Waals surface area contributed by atoms with Crippen LogP contribution in [0.25, 0.3) is 133 Å². The molecular formula is C62H38N2O2. The zero-order valence-electron chi connectivity index (χ0n) is 35.7. The number of furan rings is 2. The molecule has 13 aromatic rings. The van der Waals surface area contributed by atoms with Gasteiger partial charge in [0.05, 0.1) is 11.4 Å². The third kappa shape index (κ3) is 6.30. The van der Waals surface area contributed by atoms with E-state index in [0.717, 1.165) is 127 Å². The minimum atomic E-state index is 0.589. The molecule has 0 radical (unpaired) electrons. The first-order chi connectivity index (χ1) is 32.7. The van der Waals surface area contributed by atoms with Crippen LogP contribution in [0.1, 0.15) is 0 Å². The second-order valence-electron chi connectivity index (χ2n) is 16.8. The number of hydrogen-bond acceptors (Lipinski definition) is 4. The van der Waals surface area contributed by atoms with Gasteiger partial charge >= 0.3 is 0 Å². The number of para-hydroxylation sites is 4. The van der Waals surface area contributed by atoms with Crippen LogP contribution in [0.3, 0.4) is 0 Å². The van der Waals surface area contributed by atoms with Gasteiger partial charge in [-0.3, -0.25) is 0 Å². The molecule has 0 aliphatic heterocycles. The maximum Gasteiger partial charge on any atom is 0.161 e. The van der Waals surface area contributed by atoms with Crippen LogP contribution in [0.4, 0.5) is 0 Å². The minimum absolute atomic E-state index is 0.589. The molecule has 0 bridgehead atoms. The van der Waals surface area contributed by atoms with E-state index in [1.807, 2.05) is 24.3 Å². The van der Waals surface area contributed by atoms with Crippen molar-refractivity contribution < 1.29 is 8.83 Å². The van der Waals surface area contributed by atoms with E-state index in [1.165, 1.54) is 0 Å². The third-order valence-corrected chi connectivity index (χ3v) is 12.9. The Hall–Kier alpha value is -8.86. The summed E-state index contributed by atoms with van der Waals surface area (Å²) in [6.07, 6.45) is 0. The lowest BCUT2D eigenvalue weighted by Gasteiger charge is -2.20. The molecule has 66 heavy (non-hydrogen) atoms. The summed E-state index contributed by atoms with van der Waals surface area (Å²) in [5.41, 5.74) is 16.1. The van der Waals surface area contributed by atoms with Gasteiger partial charge in [-0.1, -0.05) is 182 Å². The van der Waals surface area contributed by atoms with Gasteiger partial charge in [0, 0.05) is 38.2 Å². The monoisotopic (exact) mass is 842 g/mol. The topological polar surface area (TPSA) is 52.1 Å². The summed E-state index contributed by atoms with van der Waals surface area (Å²) in [6.45, 7) is 0. The fourth-order valence-corrected chi connectivity index (χ4v) is 9.81. The zero-order valence-corrected chi connectivity index (χ0v) is 35.7. The first-order valence-corrected chi connectivity index (χ1v) is 22.3. The molecule has 0 amide bonds. The van der Waals surface area contributed by atoms with Crippen LogP contribution in [-0.2, 0) is 0 Å².